The molecule has 3 fully saturated rings. The average molecular weight is 483 g/mol. The van der Waals surface area contributed by atoms with Gasteiger partial charge in [0.05, 0.1) is 37.0 Å². The number of para-hydroxylation sites is 1. The van der Waals surface area contributed by atoms with E-state index in [9.17, 15) is 4.79 Å². The molecule has 35 heavy (non-hydrogen) atoms. The second-order valence-electron chi connectivity index (χ2n) is 9.96. The van der Waals surface area contributed by atoms with Gasteiger partial charge in [-0.15, -0.1) is 5.10 Å². The van der Waals surface area contributed by atoms with Gasteiger partial charge in [-0.3, -0.25) is 14.4 Å². The third-order valence-electron chi connectivity index (χ3n) is 7.56. The summed E-state index contributed by atoms with van der Waals surface area (Å²) in [5.74, 6) is 0.0999. The molecule has 9 heteroatoms. The quantitative estimate of drug-likeness (QED) is 0.570. The number of ether oxygens (including phenoxy) is 2. The van der Waals surface area contributed by atoms with Crippen molar-refractivity contribution < 1.29 is 14.3 Å². The zero-order valence-corrected chi connectivity index (χ0v) is 20.8. The smallest absolute Gasteiger partial charge is 0.228 e. The maximum Gasteiger partial charge on any atom is 0.228 e. The first-order valence-electron chi connectivity index (χ1n) is 13.1. The van der Waals surface area contributed by atoms with Gasteiger partial charge >= 0.3 is 0 Å². The van der Waals surface area contributed by atoms with E-state index >= 15 is 0 Å². The van der Waals surface area contributed by atoms with E-state index in [0.717, 1.165) is 64.2 Å². The summed E-state index contributed by atoms with van der Waals surface area (Å²) in [5, 5.41) is 8.76. The Labute approximate surface area is 208 Å². The number of hydrogen-bond acceptors (Lipinski definition) is 7. The maximum atomic E-state index is 12.8. The van der Waals surface area contributed by atoms with Gasteiger partial charge in [0, 0.05) is 64.2 Å². The van der Waals surface area contributed by atoms with Gasteiger partial charge < -0.3 is 19.3 Å². The summed E-state index contributed by atoms with van der Waals surface area (Å²) < 4.78 is 13.6. The van der Waals surface area contributed by atoms with Crippen molar-refractivity contribution in [3.63, 3.8) is 0 Å². The van der Waals surface area contributed by atoms with E-state index in [2.05, 4.69) is 56.6 Å². The van der Waals surface area contributed by atoms with Crippen LogP contribution in [0, 0.1) is 5.92 Å². The minimum atomic E-state index is -0.0987. The van der Waals surface area contributed by atoms with Crippen LogP contribution in [0.2, 0.25) is 0 Å². The number of nitrogens with zero attached hydrogens (tertiary/aromatic N) is 6. The molecule has 0 bridgehead atoms. The summed E-state index contributed by atoms with van der Waals surface area (Å²) in [5.41, 5.74) is 2.32. The van der Waals surface area contributed by atoms with Gasteiger partial charge in [-0.2, -0.15) is 0 Å². The molecular formula is C26H38N6O3. The Morgan fingerprint density at radius 1 is 1.06 bits per heavy atom. The highest BCUT2D eigenvalue weighted by molar-refractivity contribution is 5.79. The van der Waals surface area contributed by atoms with Crippen molar-refractivity contribution >= 4 is 11.6 Å². The van der Waals surface area contributed by atoms with Crippen molar-refractivity contribution in [2.24, 2.45) is 5.92 Å². The number of morpholine rings is 1. The Bertz CT molecular complexity index is 940. The minimum Gasteiger partial charge on any atom is -0.378 e. The molecular weight excluding hydrogens is 444 g/mol. The van der Waals surface area contributed by atoms with Crippen molar-refractivity contribution in [1.82, 2.24) is 24.8 Å². The van der Waals surface area contributed by atoms with E-state index < -0.39 is 0 Å². The van der Waals surface area contributed by atoms with Crippen molar-refractivity contribution in [1.29, 1.82) is 0 Å². The summed E-state index contributed by atoms with van der Waals surface area (Å²) in [7, 11) is 0. The highest BCUT2D eigenvalue weighted by Gasteiger charge is 2.35. The Balaban J connectivity index is 1.03. The Morgan fingerprint density at radius 2 is 1.83 bits per heavy atom. The van der Waals surface area contributed by atoms with Crippen LogP contribution in [0.25, 0.3) is 0 Å². The lowest BCUT2D eigenvalue weighted by Crippen LogP contribution is -2.46. The molecule has 3 unspecified atom stereocenters. The lowest BCUT2D eigenvalue weighted by molar-refractivity contribution is -0.144. The van der Waals surface area contributed by atoms with Crippen LogP contribution in [-0.2, 0) is 27.4 Å². The van der Waals surface area contributed by atoms with Crippen LogP contribution < -0.4 is 4.90 Å². The fourth-order valence-corrected chi connectivity index (χ4v) is 5.37. The molecule has 190 valence electrons. The first kappa shape index (κ1) is 24.2. The molecule has 2 aromatic rings. The van der Waals surface area contributed by atoms with Crippen molar-refractivity contribution in [3.8, 4) is 0 Å². The summed E-state index contributed by atoms with van der Waals surface area (Å²) in [4.78, 5) is 19.6. The molecule has 0 aliphatic carbocycles. The normalized spacial score (nSPS) is 24.6. The Kier molecular flexibility index (Phi) is 7.95. The molecule has 3 atom stereocenters. The van der Waals surface area contributed by atoms with E-state index in [1.807, 2.05) is 16.5 Å². The predicted octanol–water partition coefficient (Wildman–Crippen LogP) is 2.03. The molecule has 0 N–H and O–H groups in total. The van der Waals surface area contributed by atoms with Crippen LogP contribution in [0.15, 0.2) is 36.5 Å². The number of carbonyl (C=O) groups excluding carboxylic acids is 1. The summed E-state index contributed by atoms with van der Waals surface area (Å²) in [6.07, 6.45) is 5.10. The van der Waals surface area contributed by atoms with E-state index in [1.165, 1.54) is 5.69 Å². The largest absolute Gasteiger partial charge is 0.378 e. The van der Waals surface area contributed by atoms with Gasteiger partial charge in [-0.1, -0.05) is 30.3 Å². The van der Waals surface area contributed by atoms with Crippen LogP contribution in [0.1, 0.15) is 31.9 Å². The number of hydrogen-bond donors (Lipinski definition) is 0. The first-order valence-corrected chi connectivity index (χ1v) is 13.1. The third-order valence-corrected chi connectivity index (χ3v) is 7.56. The fraction of sp³-hybridized carbons (Fsp3) is 0.654. The number of carbonyl (C=O) groups is 1. The van der Waals surface area contributed by atoms with Crippen molar-refractivity contribution in [2.75, 3.05) is 57.4 Å². The van der Waals surface area contributed by atoms with E-state index in [1.54, 1.807) is 0 Å². The molecule has 1 aromatic carbocycles. The maximum absolute atomic E-state index is 12.8. The average Bonchev–Trinajstić information content (AvgIpc) is 3.58. The number of anilines is 1. The Hall–Kier alpha value is -2.49. The molecule has 4 heterocycles. The number of amides is 1. The molecule has 3 aliphatic rings. The van der Waals surface area contributed by atoms with Crippen LogP contribution in [0.4, 0.5) is 5.69 Å². The fourth-order valence-electron chi connectivity index (χ4n) is 5.37. The zero-order chi connectivity index (χ0) is 24.0. The topological polar surface area (TPSA) is 76.0 Å². The second kappa shape index (κ2) is 11.5. The number of benzene rings is 1. The molecule has 0 saturated carbocycles. The molecule has 1 amide bonds. The van der Waals surface area contributed by atoms with Crippen LogP contribution in [0.3, 0.4) is 0 Å². The van der Waals surface area contributed by atoms with Crippen LogP contribution in [0.5, 0.6) is 0 Å². The Morgan fingerprint density at radius 3 is 2.60 bits per heavy atom. The number of aryl methyl sites for hydroxylation is 1. The van der Waals surface area contributed by atoms with E-state index in [0.29, 0.717) is 26.3 Å². The molecule has 5 rings (SSSR count). The van der Waals surface area contributed by atoms with Gasteiger partial charge in [0.25, 0.3) is 0 Å². The van der Waals surface area contributed by atoms with Gasteiger partial charge in [0.1, 0.15) is 0 Å². The SMILES string of the molecule is CC(C(=O)N1CCOCC1)C1CCC(CCn2cc(CN3CCN(c4ccccc4)CC3)nn2)O1. The lowest BCUT2D eigenvalue weighted by Gasteiger charge is -2.35. The molecule has 9 nitrogen and oxygen atoms in total. The molecule has 3 aliphatic heterocycles. The number of rotatable bonds is 8. The second-order valence-corrected chi connectivity index (χ2v) is 9.96. The zero-order valence-electron chi connectivity index (χ0n) is 20.8. The van der Waals surface area contributed by atoms with Gasteiger partial charge in [-0.05, 0) is 31.4 Å². The minimum absolute atomic E-state index is 0.0104. The van der Waals surface area contributed by atoms with Crippen LogP contribution >= 0.6 is 0 Å². The van der Waals surface area contributed by atoms with Crippen molar-refractivity contribution in [3.05, 3.63) is 42.2 Å². The first-order chi connectivity index (χ1) is 17.2. The lowest BCUT2D eigenvalue weighted by atomic mass is 10.00. The predicted molar refractivity (Wildman–Crippen MR) is 133 cm³/mol. The highest BCUT2D eigenvalue weighted by Crippen LogP contribution is 2.29. The van der Waals surface area contributed by atoms with E-state index in [4.69, 9.17) is 9.47 Å². The number of piperazine rings is 1. The molecule has 3 saturated heterocycles. The van der Waals surface area contributed by atoms with Crippen molar-refractivity contribution in [2.45, 2.75) is 51.5 Å². The third kappa shape index (κ3) is 6.20. The van der Waals surface area contributed by atoms with Gasteiger partial charge in [0.15, 0.2) is 0 Å². The summed E-state index contributed by atoms with van der Waals surface area (Å²) >= 11 is 0. The molecule has 0 spiro atoms. The number of aromatic nitrogens is 3. The van der Waals surface area contributed by atoms with Crippen LogP contribution in [-0.4, -0.2) is 95.4 Å². The highest BCUT2D eigenvalue weighted by atomic mass is 16.5. The van der Waals surface area contributed by atoms with Gasteiger partial charge in [-0.25, -0.2) is 0 Å². The summed E-state index contributed by atoms with van der Waals surface area (Å²) in [6.45, 7) is 10.4. The standard InChI is InChI=1S/C26H38N6O3/c1-21(26(33)31-15-17-34-18-16-31)25-8-7-24(35-25)9-10-32-20-22(27-28-32)19-29-11-13-30(14-12-29)23-5-3-2-4-6-23/h2-6,20-21,24-25H,7-19H2,1H3. The molecule has 0 radical (unpaired) electrons. The summed E-state index contributed by atoms with van der Waals surface area (Å²) in [6, 6.07) is 10.6. The van der Waals surface area contributed by atoms with Gasteiger partial charge in [0.2, 0.25) is 5.91 Å². The van der Waals surface area contributed by atoms with E-state index in [-0.39, 0.29) is 24.0 Å². The molecule has 1 aromatic heterocycles. The monoisotopic (exact) mass is 482 g/mol.